The van der Waals surface area contributed by atoms with Crippen LogP contribution in [0.4, 0.5) is 0 Å². The number of carbonyl (C=O) groups is 1. The van der Waals surface area contributed by atoms with Crippen LogP contribution in [-0.4, -0.2) is 40.7 Å². The number of hydrogen-bond donors (Lipinski definition) is 1. The van der Waals surface area contributed by atoms with Crippen molar-refractivity contribution in [2.75, 3.05) is 19.3 Å². The number of nitrogens with zero attached hydrogens (tertiary/aromatic N) is 1. The molecule has 1 heterocycles. The number of thioether (sulfide) groups is 1. The van der Waals surface area contributed by atoms with E-state index in [2.05, 4.69) is 0 Å². The van der Waals surface area contributed by atoms with E-state index < -0.39 is 5.97 Å². The van der Waals surface area contributed by atoms with Gasteiger partial charge in [0, 0.05) is 12.3 Å². The van der Waals surface area contributed by atoms with Gasteiger partial charge in [-0.3, -0.25) is 4.90 Å². The summed E-state index contributed by atoms with van der Waals surface area (Å²) in [5, 5.41) is 8.22. The molecule has 0 bridgehead atoms. The minimum atomic E-state index is -0.722. The second kappa shape index (κ2) is 2.58. The van der Waals surface area contributed by atoms with Crippen molar-refractivity contribution < 1.29 is 9.90 Å². The van der Waals surface area contributed by atoms with E-state index in [0.717, 1.165) is 12.3 Å². The summed E-state index contributed by atoms with van der Waals surface area (Å²) >= 11 is 1.48. The lowest BCUT2D eigenvalue weighted by atomic mass is 10.5. The van der Waals surface area contributed by atoms with Crippen LogP contribution in [0.3, 0.4) is 0 Å². The van der Waals surface area contributed by atoms with Crippen molar-refractivity contribution >= 4 is 17.7 Å². The van der Waals surface area contributed by atoms with Gasteiger partial charge < -0.3 is 5.11 Å². The molecule has 1 atom stereocenters. The summed E-state index contributed by atoms with van der Waals surface area (Å²) in [7, 11) is 1.83. The summed E-state index contributed by atoms with van der Waals surface area (Å²) in [6, 6.07) is 0. The van der Waals surface area contributed by atoms with Crippen LogP contribution in [0, 0.1) is 0 Å². The zero-order chi connectivity index (χ0) is 6.85. The molecule has 9 heavy (non-hydrogen) atoms. The molecular weight excluding hydrogens is 138 g/mol. The summed E-state index contributed by atoms with van der Waals surface area (Å²) in [6.45, 7) is 0.891. The number of aliphatic carboxylic acids is 1. The number of rotatable bonds is 1. The molecule has 1 N–H and O–H groups in total. The van der Waals surface area contributed by atoms with Crippen LogP contribution in [0.25, 0.3) is 0 Å². The predicted molar refractivity (Wildman–Crippen MR) is 36.5 cm³/mol. The standard InChI is InChI=1S/C5H9NO2S/c1-6-2-3-9-4(6)5(7)8/h4H,2-3H2,1H3,(H,7,8)/t4-/m0/s1. The molecule has 0 aromatic carbocycles. The van der Waals surface area contributed by atoms with Gasteiger partial charge in [-0.15, -0.1) is 11.8 Å². The third kappa shape index (κ3) is 1.37. The first kappa shape index (κ1) is 6.89. The lowest BCUT2D eigenvalue weighted by Crippen LogP contribution is -2.30. The molecule has 4 heteroatoms. The maximum Gasteiger partial charge on any atom is 0.331 e. The van der Waals surface area contributed by atoms with Gasteiger partial charge in [-0.1, -0.05) is 0 Å². The smallest absolute Gasteiger partial charge is 0.331 e. The summed E-state index contributed by atoms with van der Waals surface area (Å²) < 4.78 is 0. The van der Waals surface area contributed by atoms with Crippen molar-refractivity contribution in [1.29, 1.82) is 0 Å². The zero-order valence-corrected chi connectivity index (χ0v) is 6.02. The van der Waals surface area contributed by atoms with Crippen molar-refractivity contribution in [3.05, 3.63) is 0 Å². The first-order chi connectivity index (χ1) is 4.22. The fourth-order valence-electron chi connectivity index (χ4n) is 0.813. The van der Waals surface area contributed by atoms with E-state index in [4.69, 9.17) is 5.11 Å². The van der Waals surface area contributed by atoms with Gasteiger partial charge in [0.25, 0.3) is 0 Å². The zero-order valence-electron chi connectivity index (χ0n) is 5.20. The summed E-state index contributed by atoms with van der Waals surface area (Å²) in [5.41, 5.74) is 0. The van der Waals surface area contributed by atoms with Gasteiger partial charge >= 0.3 is 5.97 Å². The van der Waals surface area contributed by atoms with E-state index in [1.807, 2.05) is 11.9 Å². The number of hydrogen-bond acceptors (Lipinski definition) is 3. The Hall–Kier alpha value is -0.220. The second-order valence-corrected chi connectivity index (χ2v) is 3.23. The molecule has 0 amide bonds. The van der Waals surface area contributed by atoms with Crippen LogP contribution in [0.15, 0.2) is 0 Å². The molecule has 0 aliphatic carbocycles. The van der Waals surface area contributed by atoms with Crippen LogP contribution in [0.5, 0.6) is 0 Å². The first-order valence-electron chi connectivity index (χ1n) is 2.76. The highest BCUT2D eigenvalue weighted by Gasteiger charge is 2.27. The number of likely N-dealkylation sites (N-methyl/N-ethyl adjacent to an activating group) is 1. The highest BCUT2D eigenvalue weighted by atomic mass is 32.2. The van der Waals surface area contributed by atoms with Crippen LogP contribution >= 0.6 is 11.8 Å². The highest BCUT2D eigenvalue weighted by Crippen LogP contribution is 2.21. The molecule has 0 aromatic rings. The Kier molecular flexibility index (Phi) is 1.97. The van der Waals surface area contributed by atoms with E-state index in [1.54, 1.807) is 0 Å². The Bertz CT molecular complexity index is 128. The fourth-order valence-corrected chi connectivity index (χ4v) is 1.93. The normalized spacial score (nSPS) is 28.8. The Labute approximate surface area is 58.0 Å². The van der Waals surface area contributed by atoms with Crippen molar-refractivity contribution in [3.63, 3.8) is 0 Å². The Morgan fingerprint density at radius 1 is 1.89 bits per heavy atom. The molecule has 0 radical (unpaired) electrons. The highest BCUT2D eigenvalue weighted by molar-refractivity contribution is 8.00. The molecule has 52 valence electrons. The van der Waals surface area contributed by atoms with E-state index in [0.29, 0.717) is 0 Å². The number of carboxylic acids is 1. The average molecular weight is 147 g/mol. The quantitative estimate of drug-likeness (QED) is 0.570. The fraction of sp³-hybridized carbons (Fsp3) is 0.800. The molecule has 1 aliphatic rings. The van der Waals surface area contributed by atoms with Gasteiger partial charge in [0.2, 0.25) is 0 Å². The molecule has 0 saturated carbocycles. The molecule has 0 aromatic heterocycles. The monoisotopic (exact) mass is 147 g/mol. The molecule has 0 spiro atoms. The van der Waals surface area contributed by atoms with Crippen molar-refractivity contribution in [1.82, 2.24) is 4.90 Å². The average Bonchev–Trinajstić information content (AvgIpc) is 2.13. The van der Waals surface area contributed by atoms with E-state index in [9.17, 15) is 4.79 Å². The second-order valence-electron chi connectivity index (χ2n) is 2.04. The largest absolute Gasteiger partial charge is 0.479 e. The van der Waals surface area contributed by atoms with Crippen LogP contribution in [-0.2, 0) is 4.79 Å². The Morgan fingerprint density at radius 3 is 2.78 bits per heavy atom. The Balaban J connectivity index is 2.49. The van der Waals surface area contributed by atoms with Crippen LogP contribution in [0.1, 0.15) is 0 Å². The maximum absolute atomic E-state index is 10.3. The summed E-state index contributed by atoms with van der Waals surface area (Å²) in [4.78, 5) is 12.2. The van der Waals surface area contributed by atoms with Crippen LogP contribution in [0.2, 0.25) is 0 Å². The van der Waals surface area contributed by atoms with E-state index >= 15 is 0 Å². The Morgan fingerprint density at radius 2 is 2.56 bits per heavy atom. The molecule has 3 nitrogen and oxygen atoms in total. The van der Waals surface area contributed by atoms with Crippen molar-refractivity contribution in [3.8, 4) is 0 Å². The van der Waals surface area contributed by atoms with Crippen molar-refractivity contribution in [2.24, 2.45) is 0 Å². The minimum Gasteiger partial charge on any atom is -0.479 e. The predicted octanol–water partition coefficient (Wildman–Crippen LogP) is 0.0757. The van der Waals surface area contributed by atoms with Gasteiger partial charge in [-0.2, -0.15) is 0 Å². The van der Waals surface area contributed by atoms with Gasteiger partial charge in [-0.05, 0) is 7.05 Å². The van der Waals surface area contributed by atoms with E-state index in [1.165, 1.54) is 11.8 Å². The van der Waals surface area contributed by atoms with Gasteiger partial charge in [0.15, 0.2) is 5.37 Å². The number of carboxylic acid groups (broad SMARTS) is 1. The first-order valence-corrected chi connectivity index (χ1v) is 3.81. The third-order valence-corrected chi connectivity index (χ3v) is 2.63. The third-order valence-electron chi connectivity index (χ3n) is 1.33. The van der Waals surface area contributed by atoms with Gasteiger partial charge in [0.05, 0.1) is 0 Å². The van der Waals surface area contributed by atoms with Gasteiger partial charge in [-0.25, -0.2) is 4.79 Å². The SMILES string of the molecule is CN1CCS[C@H]1C(=O)O. The van der Waals surface area contributed by atoms with Crippen molar-refractivity contribution in [2.45, 2.75) is 5.37 Å². The summed E-state index contributed by atoms with van der Waals surface area (Å²) in [5.74, 6) is 0.216. The molecule has 1 aliphatic heterocycles. The molecule has 0 unspecified atom stereocenters. The minimum absolute atomic E-state index is 0.301. The summed E-state index contributed by atoms with van der Waals surface area (Å²) in [6.07, 6.45) is 0. The topological polar surface area (TPSA) is 40.5 Å². The molecule has 1 rings (SSSR count). The van der Waals surface area contributed by atoms with Gasteiger partial charge in [0.1, 0.15) is 0 Å². The molecular formula is C5H9NO2S. The lowest BCUT2D eigenvalue weighted by molar-refractivity contribution is -0.139. The van der Waals surface area contributed by atoms with Crippen LogP contribution < -0.4 is 0 Å². The molecule has 1 saturated heterocycles. The van der Waals surface area contributed by atoms with E-state index in [-0.39, 0.29) is 5.37 Å². The molecule has 1 fully saturated rings. The maximum atomic E-state index is 10.3. The lowest BCUT2D eigenvalue weighted by Gasteiger charge is -2.12.